The first-order valence-corrected chi connectivity index (χ1v) is 6.22. The van der Waals surface area contributed by atoms with Crippen molar-refractivity contribution < 1.29 is 0 Å². The zero-order chi connectivity index (χ0) is 13.2. The first-order valence-electron chi connectivity index (χ1n) is 6.22. The summed E-state index contributed by atoms with van der Waals surface area (Å²) in [5, 5.41) is 0. The minimum atomic E-state index is -0.0278. The molecule has 4 nitrogen and oxygen atoms in total. The number of imidazole rings is 1. The Morgan fingerprint density at radius 2 is 2.17 bits per heavy atom. The van der Waals surface area contributed by atoms with Crippen molar-refractivity contribution in [1.29, 1.82) is 0 Å². The van der Waals surface area contributed by atoms with Gasteiger partial charge in [0.1, 0.15) is 5.82 Å². The maximum atomic E-state index is 5.66. The van der Waals surface area contributed by atoms with Gasteiger partial charge in [-0.15, -0.1) is 0 Å². The van der Waals surface area contributed by atoms with Crippen LogP contribution in [-0.2, 0) is 5.41 Å². The molecule has 0 bridgehead atoms. The summed E-state index contributed by atoms with van der Waals surface area (Å²) in [6, 6.07) is 3.95. The number of hydrogen-bond acceptors (Lipinski definition) is 3. The molecule has 0 fully saturated rings. The van der Waals surface area contributed by atoms with Gasteiger partial charge in [-0.25, -0.2) is 4.98 Å². The van der Waals surface area contributed by atoms with Crippen LogP contribution in [0.3, 0.4) is 0 Å². The summed E-state index contributed by atoms with van der Waals surface area (Å²) in [7, 11) is 0. The molecule has 3 N–H and O–H groups in total. The van der Waals surface area contributed by atoms with Crippen LogP contribution in [0.2, 0.25) is 0 Å². The molecule has 0 radical (unpaired) electrons. The number of aromatic nitrogens is 3. The third kappa shape index (κ3) is 2.43. The Labute approximate surface area is 108 Å². The first-order chi connectivity index (χ1) is 8.54. The molecule has 0 aliphatic rings. The molecular formula is C14H20N4. The Morgan fingerprint density at radius 3 is 2.78 bits per heavy atom. The molecule has 2 heterocycles. The zero-order valence-electron chi connectivity index (χ0n) is 11.2. The molecule has 0 aliphatic carbocycles. The van der Waals surface area contributed by atoms with Crippen molar-refractivity contribution in [3.63, 3.8) is 0 Å². The van der Waals surface area contributed by atoms with Crippen LogP contribution in [0.25, 0.3) is 11.3 Å². The van der Waals surface area contributed by atoms with Crippen molar-refractivity contribution in [2.75, 3.05) is 6.54 Å². The normalized spacial score (nSPS) is 11.8. The van der Waals surface area contributed by atoms with Gasteiger partial charge in [0.15, 0.2) is 0 Å². The van der Waals surface area contributed by atoms with E-state index < -0.39 is 0 Å². The third-order valence-corrected chi connectivity index (χ3v) is 3.23. The monoisotopic (exact) mass is 244 g/mol. The molecule has 0 aromatic carbocycles. The van der Waals surface area contributed by atoms with E-state index in [1.165, 1.54) is 0 Å². The maximum absolute atomic E-state index is 5.66. The summed E-state index contributed by atoms with van der Waals surface area (Å²) in [5.74, 6) is 0.990. The van der Waals surface area contributed by atoms with E-state index in [0.29, 0.717) is 6.54 Å². The van der Waals surface area contributed by atoms with Crippen molar-refractivity contribution in [3.8, 4) is 11.3 Å². The SMILES string of the molecule is Cc1[nH]c(C(C)(C)CCN)nc1-c1cccnc1. The summed E-state index contributed by atoms with van der Waals surface area (Å²) >= 11 is 0. The Morgan fingerprint density at radius 1 is 1.39 bits per heavy atom. The predicted molar refractivity (Wildman–Crippen MR) is 73.3 cm³/mol. The average Bonchev–Trinajstić information content (AvgIpc) is 2.73. The molecular weight excluding hydrogens is 224 g/mol. The minimum Gasteiger partial charge on any atom is -0.345 e. The standard InChI is InChI=1S/C14H20N4/c1-10-12(11-5-4-8-16-9-11)18-13(17-10)14(2,3)6-7-15/h4-5,8-9H,6-7,15H2,1-3H3,(H,17,18). The largest absolute Gasteiger partial charge is 0.345 e. The van der Waals surface area contributed by atoms with Gasteiger partial charge in [0.2, 0.25) is 0 Å². The van der Waals surface area contributed by atoms with Gasteiger partial charge in [-0.1, -0.05) is 13.8 Å². The summed E-state index contributed by atoms with van der Waals surface area (Å²) in [6.45, 7) is 7.02. The fourth-order valence-corrected chi connectivity index (χ4v) is 2.04. The highest BCUT2D eigenvalue weighted by Crippen LogP contribution is 2.28. The smallest absolute Gasteiger partial charge is 0.112 e. The quantitative estimate of drug-likeness (QED) is 0.867. The fourth-order valence-electron chi connectivity index (χ4n) is 2.04. The second-order valence-corrected chi connectivity index (χ2v) is 5.22. The van der Waals surface area contributed by atoms with Gasteiger partial charge in [0.05, 0.1) is 5.69 Å². The lowest BCUT2D eigenvalue weighted by Crippen LogP contribution is -2.23. The maximum Gasteiger partial charge on any atom is 0.112 e. The second kappa shape index (κ2) is 4.90. The van der Waals surface area contributed by atoms with Gasteiger partial charge < -0.3 is 10.7 Å². The number of aryl methyl sites for hydroxylation is 1. The van der Waals surface area contributed by atoms with E-state index in [1.54, 1.807) is 6.20 Å². The lowest BCUT2D eigenvalue weighted by molar-refractivity contribution is 0.461. The number of nitrogens with two attached hydrogens (primary N) is 1. The molecule has 2 aromatic heterocycles. The van der Waals surface area contributed by atoms with Gasteiger partial charge in [0.25, 0.3) is 0 Å². The fraction of sp³-hybridized carbons (Fsp3) is 0.429. The topological polar surface area (TPSA) is 67.6 Å². The van der Waals surface area contributed by atoms with E-state index in [9.17, 15) is 0 Å². The van der Waals surface area contributed by atoms with Gasteiger partial charge in [-0.3, -0.25) is 4.98 Å². The molecule has 4 heteroatoms. The highest BCUT2D eigenvalue weighted by atomic mass is 15.0. The third-order valence-electron chi connectivity index (χ3n) is 3.23. The summed E-state index contributed by atoms with van der Waals surface area (Å²) in [6.07, 6.45) is 4.51. The second-order valence-electron chi connectivity index (χ2n) is 5.22. The Hall–Kier alpha value is -1.68. The first kappa shape index (κ1) is 12.8. The lowest BCUT2D eigenvalue weighted by Gasteiger charge is -2.20. The van der Waals surface area contributed by atoms with Crippen LogP contribution in [0.1, 0.15) is 31.8 Å². The number of H-pyrrole nitrogens is 1. The Balaban J connectivity index is 2.39. The highest BCUT2D eigenvalue weighted by molar-refractivity contribution is 5.60. The van der Waals surface area contributed by atoms with Crippen molar-refractivity contribution in [2.24, 2.45) is 5.73 Å². The van der Waals surface area contributed by atoms with Crippen LogP contribution >= 0.6 is 0 Å². The molecule has 2 aromatic rings. The molecule has 18 heavy (non-hydrogen) atoms. The van der Waals surface area contributed by atoms with Crippen molar-refractivity contribution in [2.45, 2.75) is 32.6 Å². The molecule has 0 unspecified atom stereocenters. The number of aromatic amines is 1. The van der Waals surface area contributed by atoms with Crippen molar-refractivity contribution >= 4 is 0 Å². The molecule has 0 spiro atoms. The summed E-state index contributed by atoms with van der Waals surface area (Å²) in [4.78, 5) is 12.2. The average molecular weight is 244 g/mol. The van der Waals surface area contributed by atoms with Gasteiger partial charge in [-0.05, 0) is 32.0 Å². The van der Waals surface area contributed by atoms with Crippen molar-refractivity contribution in [1.82, 2.24) is 15.0 Å². The van der Waals surface area contributed by atoms with E-state index in [2.05, 4.69) is 23.8 Å². The molecule has 0 aliphatic heterocycles. The molecule has 2 rings (SSSR count). The zero-order valence-corrected chi connectivity index (χ0v) is 11.2. The molecule has 96 valence electrons. The van der Waals surface area contributed by atoms with Crippen LogP contribution in [0.5, 0.6) is 0 Å². The molecule has 0 saturated heterocycles. The predicted octanol–water partition coefficient (Wildman–Crippen LogP) is 2.41. The number of hydrogen-bond donors (Lipinski definition) is 2. The van der Waals surface area contributed by atoms with E-state index in [0.717, 1.165) is 29.2 Å². The molecule has 0 saturated carbocycles. The number of nitrogens with one attached hydrogen (secondary N) is 1. The molecule has 0 amide bonds. The van der Waals surface area contributed by atoms with E-state index in [4.69, 9.17) is 10.7 Å². The van der Waals surface area contributed by atoms with Crippen LogP contribution in [-0.4, -0.2) is 21.5 Å². The van der Waals surface area contributed by atoms with Gasteiger partial charge >= 0.3 is 0 Å². The van der Waals surface area contributed by atoms with Crippen molar-refractivity contribution in [3.05, 3.63) is 36.0 Å². The van der Waals surface area contributed by atoms with Crippen LogP contribution in [0, 0.1) is 6.92 Å². The van der Waals surface area contributed by atoms with E-state index >= 15 is 0 Å². The summed E-state index contributed by atoms with van der Waals surface area (Å²) < 4.78 is 0. The number of pyridine rings is 1. The number of rotatable bonds is 4. The van der Waals surface area contributed by atoms with Crippen LogP contribution < -0.4 is 5.73 Å². The highest BCUT2D eigenvalue weighted by Gasteiger charge is 2.24. The lowest BCUT2D eigenvalue weighted by atomic mass is 9.88. The van der Waals surface area contributed by atoms with E-state index in [-0.39, 0.29) is 5.41 Å². The Kier molecular flexibility index (Phi) is 3.48. The number of nitrogens with zero attached hydrogens (tertiary/aromatic N) is 2. The van der Waals surface area contributed by atoms with Crippen LogP contribution in [0.15, 0.2) is 24.5 Å². The van der Waals surface area contributed by atoms with Gasteiger partial charge in [-0.2, -0.15) is 0 Å². The van der Waals surface area contributed by atoms with E-state index in [1.807, 2.05) is 25.3 Å². The van der Waals surface area contributed by atoms with Gasteiger partial charge in [0, 0.05) is 29.1 Å². The minimum absolute atomic E-state index is 0.0278. The molecule has 0 atom stereocenters. The van der Waals surface area contributed by atoms with Crippen LogP contribution in [0.4, 0.5) is 0 Å². The summed E-state index contributed by atoms with van der Waals surface area (Å²) in [5.41, 5.74) is 8.72. The Bertz CT molecular complexity index is 514.